The Morgan fingerprint density at radius 3 is 2.11 bits per heavy atom. The lowest BCUT2D eigenvalue weighted by Gasteiger charge is -2.16. The number of primary amides is 1. The highest BCUT2D eigenvalue weighted by atomic mass is 16.6. The molecule has 1 atom stereocenters. The summed E-state index contributed by atoms with van der Waals surface area (Å²) in [6.45, 7) is 18.6. The molecule has 1 unspecified atom stereocenters. The molecule has 0 bridgehead atoms. The third-order valence-electron chi connectivity index (χ3n) is 2.99. The predicted octanol–water partition coefficient (Wildman–Crippen LogP) is 5.37. The van der Waals surface area contributed by atoms with Crippen LogP contribution in [0, 0.1) is 18.8 Å². The Morgan fingerprint density at radius 1 is 1.19 bits per heavy atom. The second kappa shape index (κ2) is 14.1. The highest BCUT2D eigenvalue weighted by Crippen LogP contribution is 2.27. The molecule has 6 nitrogen and oxygen atoms in total. The summed E-state index contributed by atoms with van der Waals surface area (Å²) in [4.78, 5) is 14.2. The number of ether oxygens (including phenoxy) is 3. The Bertz CT molecular complexity index is 525. The molecule has 0 spiro atoms. The zero-order chi connectivity index (χ0) is 21.6. The van der Waals surface area contributed by atoms with Gasteiger partial charge in [-0.2, -0.15) is 0 Å². The van der Waals surface area contributed by atoms with Crippen molar-refractivity contribution in [1.82, 2.24) is 4.98 Å². The fourth-order valence-electron chi connectivity index (χ4n) is 2.20. The van der Waals surface area contributed by atoms with Gasteiger partial charge in [0.1, 0.15) is 5.60 Å². The lowest BCUT2D eigenvalue weighted by molar-refractivity contribution is 0.0600. The summed E-state index contributed by atoms with van der Waals surface area (Å²) in [5.74, 6) is 2.73. The van der Waals surface area contributed by atoms with E-state index in [1.165, 1.54) is 6.42 Å². The fraction of sp³-hybridized carbons (Fsp3) is 0.714. The number of nitrogens with zero attached hydrogens (tertiary/aromatic N) is 1. The van der Waals surface area contributed by atoms with E-state index in [-0.39, 0.29) is 0 Å². The molecule has 6 heteroatoms. The van der Waals surface area contributed by atoms with Crippen molar-refractivity contribution in [3.05, 3.63) is 18.0 Å². The summed E-state index contributed by atoms with van der Waals surface area (Å²) in [7, 11) is 1.65. The summed E-state index contributed by atoms with van der Waals surface area (Å²) < 4.78 is 15.6. The van der Waals surface area contributed by atoms with Crippen molar-refractivity contribution in [2.75, 3.05) is 13.7 Å². The molecule has 0 fully saturated rings. The first-order chi connectivity index (χ1) is 12.4. The molecule has 1 heterocycles. The van der Waals surface area contributed by atoms with Crippen LogP contribution >= 0.6 is 0 Å². The van der Waals surface area contributed by atoms with Gasteiger partial charge in [0.25, 0.3) is 0 Å². The van der Waals surface area contributed by atoms with Crippen LogP contribution < -0.4 is 15.2 Å². The number of rotatable bonds is 6. The standard InChI is InChI=1S/C14H23NO2.C5H11NO2.C2H6/c1-10(2)6-11(3)9-17-14-8-15-12(4)7-13(14)16-5;1-5(2,3)8-4(6)7;1-2/h7-8,10-11H,6,9H2,1-5H3;1-3H3,(H2,6,7);1-2H3. The number of hydrogen-bond donors (Lipinski definition) is 1. The van der Waals surface area contributed by atoms with E-state index in [1.807, 2.05) is 26.8 Å². The Balaban J connectivity index is 0. The summed E-state index contributed by atoms with van der Waals surface area (Å²) in [5.41, 5.74) is 5.20. The number of aryl methyl sites for hydroxylation is 1. The zero-order valence-electron chi connectivity index (χ0n) is 18.9. The second-order valence-corrected chi connectivity index (χ2v) is 7.56. The molecule has 0 aliphatic rings. The van der Waals surface area contributed by atoms with E-state index in [0.29, 0.717) is 18.4 Å². The fourth-order valence-corrected chi connectivity index (χ4v) is 2.20. The maximum atomic E-state index is 10.0. The van der Waals surface area contributed by atoms with Crippen LogP contribution in [0.2, 0.25) is 0 Å². The van der Waals surface area contributed by atoms with E-state index in [1.54, 1.807) is 34.1 Å². The predicted molar refractivity (Wildman–Crippen MR) is 111 cm³/mol. The molecule has 1 aromatic heterocycles. The lowest BCUT2D eigenvalue weighted by Crippen LogP contribution is -2.27. The molecule has 0 aromatic carbocycles. The van der Waals surface area contributed by atoms with Crippen LogP contribution in [0.3, 0.4) is 0 Å². The van der Waals surface area contributed by atoms with Gasteiger partial charge in [-0.05, 0) is 46.0 Å². The molecule has 1 amide bonds. The topological polar surface area (TPSA) is 83.7 Å². The van der Waals surface area contributed by atoms with Crippen LogP contribution in [-0.2, 0) is 4.74 Å². The summed E-state index contributed by atoms with van der Waals surface area (Å²) in [6.07, 6.45) is 2.18. The molecular formula is C21H40N2O4. The van der Waals surface area contributed by atoms with Gasteiger partial charge < -0.3 is 19.9 Å². The van der Waals surface area contributed by atoms with Gasteiger partial charge >= 0.3 is 6.09 Å². The number of hydrogen-bond acceptors (Lipinski definition) is 5. The van der Waals surface area contributed by atoms with Gasteiger partial charge in [0.05, 0.1) is 19.9 Å². The second-order valence-electron chi connectivity index (χ2n) is 7.56. The van der Waals surface area contributed by atoms with Gasteiger partial charge in [-0.1, -0.05) is 34.6 Å². The highest BCUT2D eigenvalue weighted by Gasteiger charge is 2.12. The largest absolute Gasteiger partial charge is 0.493 e. The Hall–Kier alpha value is -1.98. The van der Waals surface area contributed by atoms with Crippen LogP contribution in [0.25, 0.3) is 0 Å². The number of carbonyl (C=O) groups excluding carboxylic acids is 1. The van der Waals surface area contributed by atoms with Crippen molar-refractivity contribution in [2.45, 2.75) is 74.3 Å². The summed E-state index contributed by atoms with van der Waals surface area (Å²) >= 11 is 0. The van der Waals surface area contributed by atoms with E-state index in [9.17, 15) is 4.79 Å². The lowest BCUT2D eigenvalue weighted by atomic mass is 10.00. The molecule has 0 saturated carbocycles. The molecule has 0 radical (unpaired) electrons. The van der Waals surface area contributed by atoms with Crippen LogP contribution in [-0.4, -0.2) is 30.4 Å². The Labute approximate surface area is 165 Å². The SMILES string of the molecule is CC.CC(C)(C)OC(N)=O.COc1cc(C)ncc1OCC(C)CC(C)C. The van der Waals surface area contributed by atoms with Crippen molar-refractivity contribution >= 4 is 6.09 Å². The average Bonchev–Trinajstić information content (AvgIpc) is 2.53. The van der Waals surface area contributed by atoms with Gasteiger partial charge in [-0.3, -0.25) is 4.98 Å². The summed E-state index contributed by atoms with van der Waals surface area (Å²) in [6, 6.07) is 1.89. The number of aromatic nitrogens is 1. The van der Waals surface area contributed by atoms with Crippen molar-refractivity contribution in [2.24, 2.45) is 17.6 Å². The van der Waals surface area contributed by atoms with Gasteiger partial charge in [-0.25, -0.2) is 4.79 Å². The Morgan fingerprint density at radius 2 is 1.74 bits per heavy atom. The van der Waals surface area contributed by atoms with Gasteiger partial charge in [0.2, 0.25) is 0 Å². The smallest absolute Gasteiger partial charge is 0.405 e. The molecular weight excluding hydrogens is 344 g/mol. The molecule has 158 valence electrons. The molecule has 27 heavy (non-hydrogen) atoms. The zero-order valence-corrected chi connectivity index (χ0v) is 18.9. The maximum Gasteiger partial charge on any atom is 0.405 e. The first-order valence-electron chi connectivity index (χ1n) is 9.56. The number of methoxy groups -OCH3 is 1. The quantitative estimate of drug-likeness (QED) is 0.713. The minimum absolute atomic E-state index is 0.453. The monoisotopic (exact) mass is 384 g/mol. The van der Waals surface area contributed by atoms with E-state index < -0.39 is 11.7 Å². The maximum absolute atomic E-state index is 10.0. The van der Waals surface area contributed by atoms with Crippen molar-refractivity contribution in [1.29, 1.82) is 0 Å². The molecule has 0 saturated heterocycles. The van der Waals surface area contributed by atoms with E-state index in [0.717, 1.165) is 17.2 Å². The van der Waals surface area contributed by atoms with Crippen LogP contribution in [0.15, 0.2) is 12.3 Å². The number of carbonyl (C=O) groups is 1. The average molecular weight is 385 g/mol. The van der Waals surface area contributed by atoms with E-state index in [2.05, 4.69) is 30.5 Å². The third kappa shape index (κ3) is 16.0. The van der Waals surface area contributed by atoms with Crippen molar-refractivity contribution in [3.63, 3.8) is 0 Å². The highest BCUT2D eigenvalue weighted by molar-refractivity contribution is 5.65. The van der Waals surface area contributed by atoms with E-state index >= 15 is 0 Å². The van der Waals surface area contributed by atoms with Crippen molar-refractivity contribution in [3.8, 4) is 11.5 Å². The normalized spacial score (nSPS) is 11.4. The van der Waals surface area contributed by atoms with Crippen LogP contribution in [0.4, 0.5) is 4.79 Å². The number of amides is 1. The van der Waals surface area contributed by atoms with Crippen LogP contribution in [0.1, 0.15) is 67.5 Å². The van der Waals surface area contributed by atoms with Gasteiger partial charge in [-0.15, -0.1) is 0 Å². The number of nitrogens with two attached hydrogens (primary N) is 1. The first-order valence-corrected chi connectivity index (χ1v) is 9.56. The third-order valence-corrected chi connectivity index (χ3v) is 2.99. The molecule has 0 aliphatic heterocycles. The molecule has 1 aromatic rings. The Kier molecular flexibility index (Phi) is 14.3. The number of pyridine rings is 1. The van der Waals surface area contributed by atoms with Gasteiger partial charge in [0.15, 0.2) is 11.5 Å². The minimum atomic E-state index is -0.725. The molecule has 0 aliphatic carbocycles. The van der Waals surface area contributed by atoms with E-state index in [4.69, 9.17) is 15.2 Å². The molecule has 1 rings (SSSR count). The molecule has 2 N–H and O–H groups in total. The van der Waals surface area contributed by atoms with Gasteiger partial charge in [0, 0.05) is 11.8 Å². The minimum Gasteiger partial charge on any atom is -0.493 e. The first kappa shape index (κ1) is 27.2. The van der Waals surface area contributed by atoms with Crippen LogP contribution in [0.5, 0.6) is 11.5 Å². The summed E-state index contributed by atoms with van der Waals surface area (Å²) in [5, 5.41) is 0. The van der Waals surface area contributed by atoms with Crippen molar-refractivity contribution < 1.29 is 19.0 Å².